The topological polar surface area (TPSA) is 71.1 Å². The number of rotatable bonds is 10. The fourth-order valence-electron chi connectivity index (χ4n) is 1.74. The molecule has 0 N–H and O–H groups in total. The van der Waals surface area contributed by atoms with Crippen LogP contribution in [0, 0.1) is 0 Å². The standard InChI is InChI=1S/C15H19IO6S/c1-11(17)22-14(10-21-23-16)9-20-13-6-3-12(4-7-13)5-8-15(18)19-2/h3-4,6-7,14H,5,8-10H2,1-2H3. The molecule has 0 aliphatic rings. The molecule has 0 saturated carbocycles. The molecule has 1 aromatic rings. The predicted octanol–water partition coefficient (Wildman–Crippen LogP) is 3.12. The second-order valence-electron chi connectivity index (χ2n) is 4.61. The number of carbonyl (C=O) groups excluding carboxylic acids is 2. The zero-order valence-corrected chi connectivity index (χ0v) is 15.9. The van der Waals surface area contributed by atoms with Crippen molar-refractivity contribution in [2.75, 3.05) is 20.3 Å². The Morgan fingerprint density at radius 2 is 1.91 bits per heavy atom. The molecular formula is C15H19IO6S. The number of hydrogen-bond donors (Lipinski definition) is 0. The van der Waals surface area contributed by atoms with E-state index in [1.807, 2.05) is 45.5 Å². The summed E-state index contributed by atoms with van der Waals surface area (Å²) in [7, 11) is 2.55. The van der Waals surface area contributed by atoms with Crippen molar-refractivity contribution in [2.45, 2.75) is 25.9 Å². The van der Waals surface area contributed by atoms with Crippen LogP contribution in [-0.4, -0.2) is 38.4 Å². The number of carbonyl (C=O) groups is 2. The minimum absolute atomic E-state index is 0.207. The van der Waals surface area contributed by atoms with E-state index >= 15 is 0 Å². The minimum Gasteiger partial charge on any atom is -0.490 e. The first-order chi connectivity index (χ1) is 11.0. The van der Waals surface area contributed by atoms with Gasteiger partial charge in [-0.1, -0.05) is 12.1 Å². The lowest BCUT2D eigenvalue weighted by atomic mass is 10.1. The molecule has 6 nitrogen and oxygen atoms in total. The Labute approximate surface area is 152 Å². The van der Waals surface area contributed by atoms with Crippen LogP contribution in [0.2, 0.25) is 0 Å². The Kier molecular flexibility index (Phi) is 10.0. The van der Waals surface area contributed by atoms with Crippen LogP contribution in [0.25, 0.3) is 0 Å². The molecule has 128 valence electrons. The number of benzene rings is 1. The summed E-state index contributed by atoms with van der Waals surface area (Å²) in [4.78, 5) is 22.1. The second-order valence-corrected chi connectivity index (χ2v) is 6.05. The molecule has 0 spiro atoms. The van der Waals surface area contributed by atoms with Gasteiger partial charge in [-0.2, -0.15) is 0 Å². The maximum Gasteiger partial charge on any atom is 0.305 e. The predicted molar refractivity (Wildman–Crippen MR) is 95.4 cm³/mol. The van der Waals surface area contributed by atoms with Crippen molar-refractivity contribution in [3.63, 3.8) is 0 Å². The molecule has 23 heavy (non-hydrogen) atoms. The number of ether oxygens (including phenoxy) is 3. The summed E-state index contributed by atoms with van der Waals surface area (Å²) in [6.07, 6.45) is 0.495. The molecule has 1 rings (SSSR count). The Hall–Kier alpha value is -1.00. The van der Waals surface area contributed by atoms with Crippen molar-refractivity contribution >= 4 is 42.4 Å². The Bertz CT molecular complexity index is 493. The Balaban J connectivity index is 2.46. The molecule has 1 unspecified atom stereocenters. The molecule has 0 aromatic heterocycles. The van der Waals surface area contributed by atoms with Crippen LogP contribution >= 0.6 is 30.4 Å². The highest BCUT2D eigenvalue weighted by molar-refractivity contribution is 14.2. The normalized spacial score (nSPS) is 11.6. The van der Waals surface area contributed by atoms with E-state index in [2.05, 4.69) is 4.74 Å². The highest BCUT2D eigenvalue weighted by Gasteiger charge is 2.14. The van der Waals surface area contributed by atoms with Crippen molar-refractivity contribution in [3.8, 4) is 5.75 Å². The SMILES string of the molecule is COC(=O)CCc1ccc(OCC(COSI)OC(C)=O)cc1. The fourth-order valence-corrected chi connectivity index (χ4v) is 2.39. The summed E-state index contributed by atoms with van der Waals surface area (Å²) in [5.41, 5.74) is 1.02. The molecule has 1 atom stereocenters. The van der Waals surface area contributed by atoms with E-state index in [-0.39, 0.29) is 25.2 Å². The number of esters is 2. The van der Waals surface area contributed by atoms with Gasteiger partial charge < -0.3 is 18.4 Å². The fraction of sp³-hybridized carbons (Fsp3) is 0.467. The first-order valence-corrected chi connectivity index (χ1v) is 10.2. The van der Waals surface area contributed by atoms with E-state index in [4.69, 9.17) is 13.7 Å². The highest BCUT2D eigenvalue weighted by Crippen LogP contribution is 2.16. The van der Waals surface area contributed by atoms with Gasteiger partial charge in [-0.05, 0) is 24.1 Å². The van der Waals surface area contributed by atoms with Crippen LogP contribution in [0.5, 0.6) is 5.75 Å². The first-order valence-electron chi connectivity index (χ1n) is 6.91. The molecule has 0 heterocycles. The number of methoxy groups -OCH3 is 1. The molecule has 1 aromatic carbocycles. The van der Waals surface area contributed by atoms with Gasteiger partial charge in [0.25, 0.3) is 0 Å². The van der Waals surface area contributed by atoms with Crippen molar-refractivity contribution < 1.29 is 28.0 Å². The van der Waals surface area contributed by atoms with Gasteiger partial charge in [0, 0.05) is 34.6 Å². The quantitative estimate of drug-likeness (QED) is 0.306. The summed E-state index contributed by atoms with van der Waals surface area (Å²) in [5.74, 6) is 0.0487. The van der Waals surface area contributed by atoms with Crippen LogP contribution in [0.1, 0.15) is 18.9 Å². The van der Waals surface area contributed by atoms with Gasteiger partial charge in [0.05, 0.1) is 16.3 Å². The molecule has 0 fully saturated rings. The summed E-state index contributed by atoms with van der Waals surface area (Å²) in [6.45, 7) is 1.81. The van der Waals surface area contributed by atoms with Crippen LogP contribution in [0.3, 0.4) is 0 Å². The van der Waals surface area contributed by atoms with Gasteiger partial charge in [-0.3, -0.25) is 9.59 Å². The van der Waals surface area contributed by atoms with Gasteiger partial charge in [0.15, 0.2) is 6.10 Å². The molecule has 0 radical (unpaired) electrons. The summed E-state index contributed by atoms with van der Waals surface area (Å²) >= 11 is 1.99. The van der Waals surface area contributed by atoms with Gasteiger partial charge >= 0.3 is 11.9 Å². The summed E-state index contributed by atoms with van der Waals surface area (Å²) < 4.78 is 20.5. The third-order valence-electron chi connectivity index (χ3n) is 2.84. The van der Waals surface area contributed by atoms with Crippen LogP contribution in [0.15, 0.2) is 24.3 Å². The smallest absolute Gasteiger partial charge is 0.305 e. The lowest BCUT2D eigenvalue weighted by molar-refractivity contribution is -0.149. The zero-order valence-electron chi connectivity index (χ0n) is 13.0. The molecule has 0 aliphatic carbocycles. The molecule has 0 saturated heterocycles. The molecule has 0 aliphatic heterocycles. The van der Waals surface area contributed by atoms with E-state index < -0.39 is 6.10 Å². The van der Waals surface area contributed by atoms with E-state index in [9.17, 15) is 9.59 Å². The van der Waals surface area contributed by atoms with Crippen LogP contribution in [-0.2, 0) is 29.7 Å². The maximum atomic E-state index is 11.1. The summed E-state index contributed by atoms with van der Waals surface area (Å²) in [5, 5.41) is 0. The van der Waals surface area contributed by atoms with E-state index in [1.165, 1.54) is 23.2 Å². The third kappa shape index (κ3) is 9.01. The Morgan fingerprint density at radius 1 is 1.22 bits per heavy atom. The lowest BCUT2D eigenvalue weighted by Crippen LogP contribution is -2.28. The number of halogens is 1. The molecular weight excluding hydrogens is 435 g/mol. The lowest BCUT2D eigenvalue weighted by Gasteiger charge is -2.17. The Morgan fingerprint density at radius 3 is 2.48 bits per heavy atom. The van der Waals surface area contributed by atoms with E-state index in [1.54, 1.807) is 0 Å². The van der Waals surface area contributed by atoms with Gasteiger partial charge in [0.1, 0.15) is 19.0 Å². The minimum atomic E-state index is -0.464. The van der Waals surface area contributed by atoms with E-state index in [0.717, 1.165) is 5.56 Å². The van der Waals surface area contributed by atoms with Gasteiger partial charge in [-0.25, -0.2) is 0 Å². The highest BCUT2D eigenvalue weighted by atomic mass is 127. The first kappa shape index (κ1) is 20.0. The number of hydrogen-bond acceptors (Lipinski definition) is 7. The van der Waals surface area contributed by atoms with Crippen molar-refractivity contribution in [1.82, 2.24) is 0 Å². The van der Waals surface area contributed by atoms with Crippen molar-refractivity contribution in [1.29, 1.82) is 0 Å². The average molecular weight is 454 g/mol. The van der Waals surface area contributed by atoms with Gasteiger partial charge in [-0.15, -0.1) is 0 Å². The molecule has 0 bridgehead atoms. The van der Waals surface area contributed by atoms with Gasteiger partial charge in [0.2, 0.25) is 0 Å². The maximum absolute atomic E-state index is 11.1. The zero-order chi connectivity index (χ0) is 17.1. The average Bonchev–Trinajstić information content (AvgIpc) is 2.55. The molecule has 8 heteroatoms. The number of aryl methyl sites for hydroxylation is 1. The second kappa shape index (κ2) is 11.5. The van der Waals surface area contributed by atoms with Crippen molar-refractivity contribution in [3.05, 3.63) is 29.8 Å². The van der Waals surface area contributed by atoms with Crippen molar-refractivity contribution in [2.24, 2.45) is 0 Å². The third-order valence-corrected chi connectivity index (χ3v) is 3.82. The summed E-state index contributed by atoms with van der Waals surface area (Å²) in [6, 6.07) is 7.39. The van der Waals surface area contributed by atoms with Crippen LogP contribution in [0.4, 0.5) is 0 Å². The molecule has 0 amide bonds. The van der Waals surface area contributed by atoms with Crippen LogP contribution < -0.4 is 4.74 Å². The largest absolute Gasteiger partial charge is 0.490 e. The van der Waals surface area contributed by atoms with E-state index in [0.29, 0.717) is 18.6 Å². The monoisotopic (exact) mass is 454 g/mol.